The monoisotopic (exact) mass is 180 g/mol. The van der Waals surface area contributed by atoms with Crippen molar-refractivity contribution in [3.05, 3.63) is 45.1 Å². The molecule has 1 aromatic carbocycles. The summed E-state index contributed by atoms with van der Waals surface area (Å²) in [4.78, 5) is 22.0. The molecular formula is C8H4O5. The van der Waals surface area contributed by atoms with Crippen molar-refractivity contribution in [3.63, 3.8) is 0 Å². The molecule has 3 rings (SSSR count). The minimum Gasteiger partial charge on any atom is -0.241 e. The first-order valence-electron chi connectivity index (χ1n) is 3.47. The standard InChI is InChI=1S/C8H4O5/c9-7-5-1-2-6(4-3-5)8(10)12-13-11-7/h1-4H. The summed E-state index contributed by atoms with van der Waals surface area (Å²) in [5.41, 5.74) is -1.41. The Hall–Kier alpha value is -2.04. The van der Waals surface area contributed by atoms with E-state index in [2.05, 4.69) is 13.9 Å². The highest BCUT2D eigenvalue weighted by atomic mass is 17.2. The van der Waals surface area contributed by atoms with Gasteiger partial charge in [-0.05, 0) is 24.3 Å². The van der Waals surface area contributed by atoms with E-state index in [4.69, 9.17) is 0 Å². The van der Waals surface area contributed by atoms with E-state index in [-0.39, 0.29) is 0 Å². The fourth-order valence-corrected chi connectivity index (χ4v) is 0.917. The van der Waals surface area contributed by atoms with Gasteiger partial charge in [-0.15, -0.1) is 0 Å². The summed E-state index contributed by atoms with van der Waals surface area (Å²) in [5, 5.41) is 0.587. The fourth-order valence-electron chi connectivity index (χ4n) is 0.917. The molecule has 0 aliphatic heterocycles. The Balaban J connectivity index is 3.11. The summed E-state index contributed by atoms with van der Waals surface area (Å²) in [5.74, 6) is 0. The van der Waals surface area contributed by atoms with Crippen molar-refractivity contribution in [1.29, 1.82) is 0 Å². The third kappa shape index (κ3) is 1.31. The first kappa shape index (κ1) is 7.60. The summed E-state index contributed by atoms with van der Waals surface area (Å²) < 4.78 is 12.2. The molecule has 0 spiro atoms. The van der Waals surface area contributed by atoms with Crippen LogP contribution in [-0.4, -0.2) is 0 Å². The maximum atomic E-state index is 11.0. The molecule has 0 radical (unpaired) electrons. The van der Waals surface area contributed by atoms with Gasteiger partial charge in [0.25, 0.3) is 0 Å². The molecule has 0 saturated carbocycles. The number of hydrogen-bond donors (Lipinski definition) is 0. The van der Waals surface area contributed by atoms with Gasteiger partial charge >= 0.3 is 11.3 Å². The van der Waals surface area contributed by atoms with Crippen LogP contribution in [0.5, 0.6) is 0 Å². The predicted octanol–water partition coefficient (Wildman–Crippen LogP) is 0.901. The van der Waals surface area contributed by atoms with Gasteiger partial charge in [-0.25, -0.2) is 18.7 Å². The SMILES string of the molecule is O=c1oooc(=O)c2ccc1cc2. The van der Waals surface area contributed by atoms with Crippen LogP contribution < -0.4 is 11.3 Å². The highest BCUT2D eigenvalue weighted by Crippen LogP contribution is 1.98. The summed E-state index contributed by atoms with van der Waals surface area (Å²) in [7, 11) is 0. The Kier molecular flexibility index (Phi) is 1.63. The molecule has 66 valence electrons. The van der Waals surface area contributed by atoms with Crippen LogP contribution in [0, 0.1) is 0 Å². The Labute approximate surface area is 70.7 Å². The number of hydrogen-bond acceptors (Lipinski definition) is 5. The molecule has 2 heterocycles. The largest absolute Gasteiger partial charge is 0.390 e. The lowest BCUT2D eigenvalue weighted by molar-refractivity contribution is -0.190. The second-order valence-electron chi connectivity index (χ2n) is 2.39. The third-order valence-electron chi connectivity index (χ3n) is 1.58. The molecule has 0 atom stereocenters. The van der Waals surface area contributed by atoms with Crippen LogP contribution in [0.15, 0.2) is 47.7 Å². The van der Waals surface area contributed by atoms with Gasteiger partial charge in [0.05, 0.1) is 10.8 Å². The van der Waals surface area contributed by atoms with E-state index in [0.717, 1.165) is 0 Å². The van der Waals surface area contributed by atoms with Gasteiger partial charge in [0.2, 0.25) is 0 Å². The summed E-state index contributed by atoms with van der Waals surface area (Å²) in [6, 6.07) is 5.81. The van der Waals surface area contributed by atoms with E-state index in [1.807, 2.05) is 0 Å². The highest BCUT2D eigenvalue weighted by molar-refractivity contribution is 5.60. The van der Waals surface area contributed by atoms with Crippen molar-refractivity contribution in [2.24, 2.45) is 0 Å². The lowest BCUT2D eigenvalue weighted by atomic mass is 10.2. The Morgan fingerprint density at radius 1 is 0.769 bits per heavy atom. The van der Waals surface area contributed by atoms with E-state index in [1.165, 1.54) is 24.3 Å². The zero-order chi connectivity index (χ0) is 9.26. The smallest absolute Gasteiger partial charge is 0.241 e. The molecule has 0 N–H and O–H groups in total. The molecule has 0 aliphatic carbocycles. The van der Waals surface area contributed by atoms with Gasteiger partial charge in [0.1, 0.15) is 0 Å². The quantitative estimate of drug-likeness (QED) is 0.563. The second kappa shape index (κ2) is 2.78. The van der Waals surface area contributed by atoms with Crippen molar-refractivity contribution in [1.82, 2.24) is 0 Å². The highest BCUT2D eigenvalue weighted by Gasteiger charge is 1.96. The summed E-state index contributed by atoms with van der Waals surface area (Å²) in [6.07, 6.45) is 0. The van der Waals surface area contributed by atoms with E-state index >= 15 is 0 Å². The predicted molar refractivity (Wildman–Crippen MR) is 42.1 cm³/mol. The van der Waals surface area contributed by atoms with Crippen LogP contribution in [0.2, 0.25) is 0 Å². The zero-order valence-electron chi connectivity index (χ0n) is 6.35. The maximum Gasteiger partial charge on any atom is 0.390 e. The molecule has 3 aromatic rings. The molecule has 5 nitrogen and oxygen atoms in total. The normalized spacial score (nSPS) is 10.2. The average Bonchev–Trinajstić information content (AvgIpc) is 2.25. The van der Waals surface area contributed by atoms with Gasteiger partial charge in [-0.2, -0.15) is 0 Å². The van der Waals surface area contributed by atoms with Gasteiger partial charge < -0.3 is 0 Å². The van der Waals surface area contributed by atoms with Crippen LogP contribution in [0.25, 0.3) is 10.8 Å². The minimum atomic E-state index is -0.707. The Morgan fingerprint density at radius 2 is 1.15 bits per heavy atom. The van der Waals surface area contributed by atoms with Gasteiger partial charge in [0, 0.05) is 0 Å². The van der Waals surface area contributed by atoms with Crippen LogP contribution in [0.3, 0.4) is 0 Å². The summed E-state index contributed by atoms with van der Waals surface area (Å²) >= 11 is 0. The fraction of sp³-hybridized carbons (Fsp3) is 0. The van der Waals surface area contributed by atoms with Crippen molar-refractivity contribution >= 4 is 10.8 Å². The van der Waals surface area contributed by atoms with Crippen molar-refractivity contribution in [2.75, 3.05) is 0 Å². The third-order valence-corrected chi connectivity index (χ3v) is 1.58. The number of benzene rings is 1. The summed E-state index contributed by atoms with van der Waals surface area (Å²) in [6.45, 7) is 0. The molecule has 0 amide bonds. The molecule has 5 heteroatoms. The number of fused-ring (bicyclic) bond motifs is 6. The molecule has 0 fully saturated rings. The lowest BCUT2D eigenvalue weighted by Gasteiger charge is -1.80. The van der Waals surface area contributed by atoms with E-state index < -0.39 is 11.3 Å². The van der Waals surface area contributed by atoms with Crippen molar-refractivity contribution < 1.29 is 13.9 Å². The first-order valence-corrected chi connectivity index (χ1v) is 3.47. The van der Waals surface area contributed by atoms with Crippen LogP contribution in [0.1, 0.15) is 0 Å². The second-order valence-corrected chi connectivity index (χ2v) is 2.39. The van der Waals surface area contributed by atoms with Gasteiger partial charge in [-0.3, -0.25) is 0 Å². The Morgan fingerprint density at radius 3 is 1.54 bits per heavy atom. The molecule has 0 saturated heterocycles. The molecule has 0 unspecified atom stereocenters. The van der Waals surface area contributed by atoms with Crippen molar-refractivity contribution in [2.45, 2.75) is 0 Å². The minimum absolute atomic E-state index is 0.294. The first-order chi connectivity index (χ1) is 6.27. The lowest BCUT2D eigenvalue weighted by Crippen LogP contribution is -1.93. The molecule has 0 aliphatic rings. The average molecular weight is 180 g/mol. The van der Waals surface area contributed by atoms with Crippen LogP contribution in [-0.2, 0) is 0 Å². The molecule has 13 heavy (non-hydrogen) atoms. The molecular weight excluding hydrogens is 176 g/mol. The molecule has 2 aromatic heterocycles. The van der Waals surface area contributed by atoms with Gasteiger partial charge in [0.15, 0.2) is 0 Å². The Bertz CT molecular complexity index is 487. The number of rotatable bonds is 0. The van der Waals surface area contributed by atoms with E-state index in [1.54, 1.807) is 0 Å². The topological polar surface area (TPSA) is 73.6 Å². The van der Waals surface area contributed by atoms with Crippen molar-refractivity contribution in [3.8, 4) is 0 Å². The van der Waals surface area contributed by atoms with Crippen LogP contribution >= 0.6 is 0 Å². The van der Waals surface area contributed by atoms with Crippen LogP contribution in [0.4, 0.5) is 0 Å². The van der Waals surface area contributed by atoms with E-state index in [9.17, 15) is 9.59 Å². The molecule has 2 bridgehead atoms. The zero-order valence-corrected chi connectivity index (χ0v) is 6.35. The maximum absolute atomic E-state index is 11.0. The van der Waals surface area contributed by atoms with E-state index in [0.29, 0.717) is 10.8 Å². The van der Waals surface area contributed by atoms with Gasteiger partial charge in [-0.1, -0.05) is 4.74 Å².